The van der Waals surface area contributed by atoms with Crippen molar-refractivity contribution in [1.29, 1.82) is 0 Å². The number of para-hydroxylation sites is 2. The lowest BCUT2D eigenvalue weighted by Gasteiger charge is -2.40. The Hall–Kier alpha value is -1.59. The molecule has 0 bridgehead atoms. The van der Waals surface area contributed by atoms with E-state index >= 15 is 0 Å². The summed E-state index contributed by atoms with van der Waals surface area (Å²) in [5.41, 5.74) is 7.09. The van der Waals surface area contributed by atoms with Crippen molar-refractivity contribution in [2.75, 3.05) is 24.2 Å². The van der Waals surface area contributed by atoms with E-state index in [-0.39, 0.29) is 18.6 Å². The zero-order valence-electron chi connectivity index (χ0n) is 12.6. The number of hydrogen-bond donors (Lipinski definition) is 3. The van der Waals surface area contributed by atoms with Gasteiger partial charge in [0.2, 0.25) is 5.91 Å². The number of nitrogen functional groups attached to an aromatic ring is 1. The lowest BCUT2D eigenvalue weighted by Crippen LogP contribution is -2.50. The summed E-state index contributed by atoms with van der Waals surface area (Å²) in [5.74, 6) is -0.0438. The van der Waals surface area contributed by atoms with E-state index in [1.807, 2.05) is 19.1 Å². The predicted octanol–water partition coefficient (Wildman–Crippen LogP) is 1.83. The number of carbonyl (C=O) groups excluding carboxylic acids is 1. The molecule has 5 nitrogen and oxygen atoms in total. The number of nitrogens with one attached hydrogen (secondary N) is 1. The standard InChI is InChI=1S/C16H25N3O2/c1-12(19(10-5-11-20)13-6-4-7-13)16(21)18-15-9-3-2-8-14(15)17/h2-3,8-9,12-13,20H,4-7,10-11,17H2,1H3,(H,18,21). The van der Waals surface area contributed by atoms with E-state index in [4.69, 9.17) is 10.8 Å². The van der Waals surface area contributed by atoms with Crippen LogP contribution in [-0.4, -0.2) is 41.1 Å². The third-order valence-electron chi connectivity index (χ3n) is 4.21. The molecule has 21 heavy (non-hydrogen) atoms. The Kier molecular flexibility index (Phi) is 5.59. The topological polar surface area (TPSA) is 78.6 Å². The molecule has 0 radical (unpaired) electrons. The maximum Gasteiger partial charge on any atom is 0.241 e. The molecule has 0 saturated heterocycles. The van der Waals surface area contributed by atoms with Gasteiger partial charge in [0.1, 0.15) is 0 Å². The van der Waals surface area contributed by atoms with Crippen LogP contribution < -0.4 is 11.1 Å². The van der Waals surface area contributed by atoms with Gasteiger partial charge in [-0.15, -0.1) is 0 Å². The van der Waals surface area contributed by atoms with Crippen LogP contribution in [0.25, 0.3) is 0 Å². The number of nitrogens with zero attached hydrogens (tertiary/aromatic N) is 1. The van der Waals surface area contributed by atoms with Crippen molar-refractivity contribution in [2.45, 2.75) is 44.7 Å². The Balaban J connectivity index is 2.00. The SMILES string of the molecule is CC(C(=O)Nc1ccccc1N)N(CCCO)C1CCC1. The van der Waals surface area contributed by atoms with Crippen LogP contribution in [0.3, 0.4) is 0 Å². The fraction of sp³-hybridized carbons (Fsp3) is 0.562. The Bertz CT molecular complexity index is 474. The van der Waals surface area contributed by atoms with Crippen LogP contribution >= 0.6 is 0 Å². The van der Waals surface area contributed by atoms with Crippen LogP contribution in [0.1, 0.15) is 32.6 Å². The van der Waals surface area contributed by atoms with Crippen molar-refractivity contribution in [3.63, 3.8) is 0 Å². The molecule has 1 saturated carbocycles. The number of aliphatic hydroxyl groups is 1. The maximum atomic E-state index is 12.4. The van der Waals surface area contributed by atoms with Gasteiger partial charge in [-0.3, -0.25) is 9.69 Å². The number of benzene rings is 1. The first-order valence-electron chi connectivity index (χ1n) is 7.65. The molecule has 1 aliphatic rings. The highest BCUT2D eigenvalue weighted by atomic mass is 16.3. The zero-order chi connectivity index (χ0) is 15.2. The third kappa shape index (κ3) is 3.95. The second kappa shape index (κ2) is 7.43. The molecule has 1 aromatic carbocycles. The average molecular weight is 291 g/mol. The number of nitrogens with two attached hydrogens (primary N) is 1. The Morgan fingerprint density at radius 1 is 1.48 bits per heavy atom. The van der Waals surface area contributed by atoms with E-state index in [0.29, 0.717) is 23.8 Å². The van der Waals surface area contributed by atoms with Gasteiger partial charge in [-0.1, -0.05) is 18.6 Å². The van der Waals surface area contributed by atoms with Gasteiger partial charge in [0.15, 0.2) is 0 Å². The number of carbonyl (C=O) groups is 1. The summed E-state index contributed by atoms with van der Waals surface area (Å²) < 4.78 is 0. The number of anilines is 2. The predicted molar refractivity (Wildman–Crippen MR) is 85.0 cm³/mol. The van der Waals surface area contributed by atoms with E-state index in [1.54, 1.807) is 12.1 Å². The second-order valence-electron chi connectivity index (χ2n) is 5.65. The van der Waals surface area contributed by atoms with E-state index in [2.05, 4.69) is 10.2 Å². The second-order valence-corrected chi connectivity index (χ2v) is 5.65. The quantitative estimate of drug-likeness (QED) is 0.670. The zero-order valence-corrected chi connectivity index (χ0v) is 12.6. The molecule has 4 N–H and O–H groups in total. The minimum Gasteiger partial charge on any atom is -0.397 e. The number of amides is 1. The van der Waals surface area contributed by atoms with Crippen molar-refractivity contribution < 1.29 is 9.90 Å². The smallest absolute Gasteiger partial charge is 0.241 e. The largest absolute Gasteiger partial charge is 0.397 e. The summed E-state index contributed by atoms with van der Waals surface area (Å²) in [7, 11) is 0. The van der Waals surface area contributed by atoms with E-state index in [9.17, 15) is 4.79 Å². The van der Waals surface area contributed by atoms with Crippen molar-refractivity contribution in [1.82, 2.24) is 4.90 Å². The maximum absolute atomic E-state index is 12.4. The molecule has 1 atom stereocenters. The molecule has 116 valence electrons. The molecular weight excluding hydrogens is 266 g/mol. The van der Waals surface area contributed by atoms with Crippen molar-refractivity contribution >= 4 is 17.3 Å². The van der Waals surface area contributed by atoms with Crippen LogP contribution in [0.4, 0.5) is 11.4 Å². The Labute approximate surface area is 126 Å². The Morgan fingerprint density at radius 3 is 2.76 bits per heavy atom. The number of hydrogen-bond acceptors (Lipinski definition) is 4. The van der Waals surface area contributed by atoms with E-state index in [1.165, 1.54) is 6.42 Å². The highest BCUT2D eigenvalue weighted by Gasteiger charge is 2.31. The summed E-state index contributed by atoms with van der Waals surface area (Å²) in [6.07, 6.45) is 4.19. The summed E-state index contributed by atoms with van der Waals surface area (Å²) in [6, 6.07) is 7.52. The monoisotopic (exact) mass is 291 g/mol. The summed E-state index contributed by atoms with van der Waals surface area (Å²) in [6.45, 7) is 2.83. The van der Waals surface area contributed by atoms with Crippen LogP contribution in [0.5, 0.6) is 0 Å². The molecule has 1 fully saturated rings. The van der Waals surface area contributed by atoms with Gasteiger partial charge < -0.3 is 16.2 Å². The first-order chi connectivity index (χ1) is 10.1. The fourth-order valence-corrected chi connectivity index (χ4v) is 2.66. The highest BCUT2D eigenvalue weighted by molar-refractivity contribution is 5.97. The van der Waals surface area contributed by atoms with E-state index in [0.717, 1.165) is 19.4 Å². The molecule has 5 heteroatoms. The van der Waals surface area contributed by atoms with Crippen LogP contribution in [0.2, 0.25) is 0 Å². The fourth-order valence-electron chi connectivity index (χ4n) is 2.66. The van der Waals surface area contributed by atoms with Gasteiger partial charge in [-0.05, 0) is 38.3 Å². The molecule has 1 amide bonds. The van der Waals surface area contributed by atoms with Crippen LogP contribution in [0.15, 0.2) is 24.3 Å². The molecule has 1 aliphatic carbocycles. The molecule has 0 heterocycles. The van der Waals surface area contributed by atoms with Crippen molar-refractivity contribution in [3.05, 3.63) is 24.3 Å². The third-order valence-corrected chi connectivity index (χ3v) is 4.21. The lowest BCUT2D eigenvalue weighted by atomic mass is 9.90. The first kappa shape index (κ1) is 15.8. The lowest BCUT2D eigenvalue weighted by molar-refractivity contribution is -0.122. The minimum absolute atomic E-state index is 0.0438. The number of aliphatic hydroxyl groups excluding tert-OH is 1. The highest BCUT2D eigenvalue weighted by Crippen LogP contribution is 2.27. The Morgan fingerprint density at radius 2 is 2.19 bits per heavy atom. The van der Waals surface area contributed by atoms with Gasteiger partial charge in [0.05, 0.1) is 17.4 Å². The van der Waals surface area contributed by atoms with Crippen molar-refractivity contribution in [2.24, 2.45) is 0 Å². The molecular formula is C16H25N3O2. The summed E-state index contributed by atoms with van der Waals surface area (Å²) in [5, 5.41) is 11.9. The van der Waals surface area contributed by atoms with Crippen molar-refractivity contribution in [3.8, 4) is 0 Å². The van der Waals surface area contributed by atoms with Crippen LogP contribution in [-0.2, 0) is 4.79 Å². The number of rotatable bonds is 7. The van der Waals surface area contributed by atoms with Gasteiger partial charge in [0, 0.05) is 19.2 Å². The van der Waals surface area contributed by atoms with Gasteiger partial charge in [-0.2, -0.15) is 0 Å². The average Bonchev–Trinajstić information content (AvgIpc) is 2.43. The molecule has 0 aromatic heterocycles. The van der Waals surface area contributed by atoms with Gasteiger partial charge in [0.25, 0.3) is 0 Å². The molecule has 0 aliphatic heterocycles. The normalized spacial score (nSPS) is 16.5. The van der Waals surface area contributed by atoms with Crippen LogP contribution in [0, 0.1) is 0 Å². The summed E-state index contributed by atoms with van der Waals surface area (Å²) in [4.78, 5) is 14.6. The molecule has 0 spiro atoms. The first-order valence-corrected chi connectivity index (χ1v) is 7.65. The van der Waals surface area contributed by atoms with Gasteiger partial charge >= 0.3 is 0 Å². The van der Waals surface area contributed by atoms with Gasteiger partial charge in [-0.25, -0.2) is 0 Å². The molecule has 2 rings (SSSR count). The molecule has 1 unspecified atom stereocenters. The van der Waals surface area contributed by atoms with E-state index < -0.39 is 0 Å². The minimum atomic E-state index is -0.221. The summed E-state index contributed by atoms with van der Waals surface area (Å²) >= 11 is 0. The molecule has 1 aromatic rings.